The SMILES string of the molecule is C=C(CC[C@H]1C[C@@H]2CC3[C@@H](CC)C[C@H](CCCC[C@H]1[C@H](C)[C@H]2C)[C@H](C)[C@H]3C)CC1/C(=C/C=C2\CC(/C=C/C3=[N+](CC(=O)NC[C@H]4O[C@@H]5CCCO[C@H]6[C@H](O)[C@@H](O)C(O[C@H]4[C@H](O)[C@H]5O)O[C@@H]6CO)c4ccc5ccccc5c4C3(C)C)=C2C)C(C)(C)c2c1ccc1ccccc21. The Morgan fingerprint density at radius 1 is 0.695 bits per heavy atom. The van der Waals surface area contributed by atoms with Crippen molar-refractivity contribution in [1.29, 1.82) is 0 Å². The molecule has 4 aromatic carbocycles. The average molecular weight is 1300 g/mol. The van der Waals surface area contributed by atoms with Crippen molar-refractivity contribution in [2.24, 2.45) is 59.2 Å². The molecule has 512 valence electrons. The van der Waals surface area contributed by atoms with E-state index < -0.39 is 73.2 Å². The first kappa shape index (κ1) is 68.4. The van der Waals surface area contributed by atoms with Crippen LogP contribution in [-0.2, 0) is 34.6 Å². The zero-order valence-electron chi connectivity index (χ0n) is 58.5. The van der Waals surface area contributed by atoms with Crippen LogP contribution in [0.25, 0.3) is 21.5 Å². The molecule has 95 heavy (non-hydrogen) atoms. The van der Waals surface area contributed by atoms with E-state index in [2.05, 4.69) is 176 Å². The van der Waals surface area contributed by atoms with Crippen molar-refractivity contribution in [2.45, 2.75) is 237 Å². The number of fused-ring (bicyclic) bond motifs is 6. The second-order valence-electron chi connectivity index (χ2n) is 32.2. The topological polar surface area (TPSA) is 170 Å². The van der Waals surface area contributed by atoms with E-state index in [4.69, 9.17) is 25.5 Å². The number of carbonyl (C=O) groups is 1. The van der Waals surface area contributed by atoms with Gasteiger partial charge in [0, 0.05) is 42.2 Å². The maximum Gasteiger partial charge on any atom is 0.286 e. The molecule has 6 N–H and O–H groups in total. The third-order valence-electron chi connectivity index (χ3n) is 26.4. The number of nitrogens with zero attached hydrogens (tertiary/aromatic N) is 1. The maximum absolute atomic E-state index is 14.6. The highest BCUT2D eigenvalue weighted by molar-refractivity contribution is 6.08. The number of amides is 1. The van der Waals surface area contributed by atoms with Gasteiger partial charge in [-0.15, -0.1) is 0 Å². The zero-order valence-corrected chi connectivity index (χ0v) is 58.5. The third kappa shape index (κ3) is 12.8. The number of hydrogen-bond donors (Lipinski definition) is 6. The van der Waals surface area contributed by atoms with Crippen molar-refractivity contribution in [2.75, 3.05) is 26.3 Å². The quantitative estimate of drug-likeness (QED) is 0.0528. The summed E-state index contributed by atoms with van der Waals surface area (Å²) < 4.78 is 26.5. The highest BCUT2D eigenvalue weighted by Gasteiger charge is 2.53. The van der Waals surface area contributed by atoms with Gasteiger partial charge in [-0.3, -0.25) is 4.79 Å². The molecule has 6 saturated heterocycles. The summed E-state index contributed by atoms with van der Waals surface area (Å²) >= 11 is 0. The molecule has 12 fully saturated rings. The second kappa shape index (κ2) is 27.9. The fourth-order valence-corrected chi connectivity index (χ4v) is 20.5. The number of allylic oxidation sites excluding steroid dienone is 9. The number of nitrogens with one attached hydrogen (secondary N) is 1. The van der Waals surface area contributed by atoms with Gasteiger partial charge in [-0.25, -0.2) is 0 Å². The van der Waals surface area contributed by atoms with Crippen molar-refractivity contribution in [3.63, 3.8) is 0 Å². The van der Waals surface area contributed by atoms with Gasteiger partial charge in [0.05, 0.1) is 18.1 Å². The van der Waals surface area contributed by atoms with Crippen LogP contribution >= 0.6 is 0 Å². The van der Waals surface area contributed by atoms with E-state index in [0.29, 0.717) is 12.8 Å². The number of aliphatic hydroxyl groups is 5. The van der Waals surface area contributed by atoms with Crippen LogP contribution in [0.3, 0.4) is 0 Å². The summed E-state index contributed by atoms with van der Waals surface area (Å²) in [5.74, 6) is 8.17. The summed E-state index contributed by atoms with van der Waals surface area (Å²) in [7, 11) is 0. The molecule has 1 amide bonds. The molecule has 8 aliphatic carbocycles. The first-order valence-corrected chi connectivity index (χ1v) is 36.9. The number of carbonyl (C=O) groups excluding carboxylic acids is 1. The molecule has 15 aliphatic rings. The number of hydrogen-bond acceptors (Lipinski definition) is 10. The van der Waals surface area contributed by atoms with Crippen LogP contribution in [0, 0.1) is 59.2 Å². The van der Waals surface area contributed by atoms with E-state index >= 15 is 0 Å². The fraction of sp³-hybridized carbons (Fsp3) is 0.614. The van der Waals surface area contributed by atoms with E-state index in [1.165, 1.54) is 108 Å². The Bertz CT molecular complexity index is 3660. The Kier molecular flexibility index (Phi) is 20.1. The lowest BCUT2D eigenvalue weighted by atomic mass is 9.55. The largest absolute Gasteiger partial charge is 0.394 e. The fourth-order valence-electron chi connectivity index (χ4n) is 20.5. The minimum atomic E-state index is -1.60. The highest BCUT2D eigenvalue weighted by Crippen LogP contribution is 2.57. The minimum absolute atomic E-state index is 0.0221. The van der Waals surface area contributed by atoms with Gasteiger partial charge in [-0.2, -0.15) is 4.58 Å². The Hall–Kier alpha value is -5.12. The van der Waals surface area contributed by atoms with Crippen LogP contribution in [0.5, 0.6) is 0 Å². The van der Waals surface area contributed by atoms with Gasteiger partial charge >= 0.3 is 0 Å². The number of benzene rings is 4. The summed E-state index contributed by atoms with van der Waals surface area (Å²) in [6.07, 6.45) is 12.9. The van der Waals surface area contributed by atoms with Crippen molar-refractivity contribution in [3.8, 4) is 0 Å². The summed E-state index contributed by atoms with van der Waals surface area (Å²) in [5, 5.41) is 63.3. The molecule has 0 spiro atoms. The molecule has 12 heteroatoms. The molecular formula is C83H111N2O10+. The van der Waals surface area contributed by atoms with Crippen LogP contribution in [0.15, 0.2) is 132 Å². The van der Waals surface area contributed by atoms with Gasteiger partial charge in [0.15, 0.2) is 12.0 Å². The third-order valence-corrected chi connectivity index (χ3v) is 26.4. The van der Waals surface area contributed by atoms with Crippen LogP contribution in [0.2, 0.25) is 0 Å². The van der Waals surface area contributed by atoms with Crippen LogP contribution < -0.4 is 5.32 Å². The Morgan fingerprint density at radius 3 is 2.12 bits per heavy atom. The Labute approximate surface area is 566 Å². The van der Waals surface area contributed by atoms with Gasteiger partial charge in [0.2, 0.25) is 12.2 Å². The van der Waals surface area contributed by atoms with E-state index in [9.17, 15) is 30.3 Å². The molecule has 7 heterocycles. The maximum atomic E-state index is 14.6. The van der Waals surface area contributed by atoms with Crippen molar-refractivity contribution < 1.29 is 53.9 Å². The summed E-state index contributed by atoms with van der Waals surface area (Å²) in [5.41, 5.74) is 12.0. The molecule has 19 rings (SSSR count). The smallest absolute Gasteiger partial charge is 0.286 e. The monoisotopic (exact) mass is 1300 g/mol. The Balaban J connectivity index is 0.751. The molecule has 4 aromatic rings. The number of ether oxygens (including phenoxy) is 4. The van der Waals surface area contributed by atoms with E-state index in [-0.39, 0.29) is 36.9 Å². The standard InChI is InChI=1S/C83H110N2O10/c1-12-52-39-55-22-15-16-23-60-49(5)48(4)59(42-64(52)50(6)47(55)3)41-58(60)28-27-46(2)38-65-63-33-29-53-20-13-17-24-61(53)73(63)82(8,9)66(65)34-30-56-40-57(51(56)7)32-36-71-83(10,11)74-62-25-18-14-21-54(62)31-35-67(74)85(71)44-72(87)84-43-69-80-76(89)75(88)68(93-69)26-19-37-92-79-70(45-86)94-81(95-80)78(91)77(79)90/h13-14,17-18,20-21,24-25,29-36,47-50,52,55,58-60,64-65,68-70,75-81,86,88-91H,2,12,15-16,19,22-23,26-28,37-45H2,1,3-11H3/p+1/b36-32+,56-30+,66-34-/t47-,48-,49-,50-,52+,55+,58+,59-,60+,64?,65?,68-,69-,70-,75+,76-,77-,78-,79-,80-,81?/m1/s1. The van der Waals surface area contributed by atoms with E-state index in [1.807, 2.05) is 0 Å². The van der Waals surface area contributed by atoms with Crippen LogP contribution in [-0.4, -0.2) is 129 Å². The van der Waals surface area contributed by atoms with Gasteiger partial charge < -0.3 is 49.8 Å². The average Bonchev–Trinajstić information content (AvgIpc) is 1.58. The summed E-state index contributed by atoms with van der Waals surface area (Å²) in [6, 6.07) is 26.4. The lowest BCUT2D eigenvalue weighted by Crippen LogP contribution is -2.65. The highest BCUT2D eigenvalue weighted by atomic mass is 16.7. The van der Waals surface area contributed by atoms with Gasteiger partial charge in [-0.1, -0.05) is 171 Å². The van der Waals surface area contributed by atoms with Crippen LogP contribution in [0.4, 0.5) is 5.69 Å². The molecule has 7 aliphatic heterocycles. The first-order valence-electron chi connectivity index (χ1n) is 36.9. The molecule has 8 bridgehead atoms. The molecule has 0 radical (unpaired) electrons. The van der Waals surface area contributed by atoms with E-state index in [0.717, 1.165) is 106 Å². The first-order chi connectivity index (χ1) is 45.6. The predicted octanol–water partition coefficient (Wildman–Crippen LogP) is 14.3. The molecule has 12 nitrogen and oxygen atoms in total. The predicted molar refractivity (Wildman–Crippen MR) is 378 cm³/mol. The minimum Gasteiger partial charge on any atom is -0.394 e. The number of rotatable bonds is 14. The van der Waals surface area contributed by atoms with Gasteiger partial charge in [0.25, 0.3) is 5.91 Å². The molecule has 6 saturated carbocycles. The molecule has 0 aromatic heterocycles. The van der Waals surface area contributed by atoms with Crippen molar-refractivity contribution in [3.05, 3.63) is 148 Å². The Morgan fingerprint density at radius 2 is 1.38 bits per heavy atom. The number of aliphatic hydroxyl groups excluding tert-OH is 5. The van der Waals surface area contributed by atoms with Crippen molar-refractivity contribution in [1.82, 2.24) is 5.32 Å². The lowest BCUT2D eigenvalue weighted by molar-refractivity contribution is -0.425. The normalized spacial score (nSPS) is 37.8. The molecular weight excluding hydrogens is 1180 g/mol. The second-order valence-corrected chi connectivity index (χ2v) is 32.2. The zero-order chi connectivity index (χ0) is 66.9. The van der Waals surface area contributed by atoms with E-state index in [1.54, 1.807) is 0 Å². The summed E-state index contributed by atoms with van der Waals surface area (Å²) in [4.78, 5) is 14.6. The van der Waals surface area contributed by atoms with Crippen LogP contribution in [0.1, 0.15) is 182 Å². The van der Waals surface area contributed by atoms with Gasteiger partial charge in [-0.05, 0) is 200 Å². The summed E-state index contributed by atoms with van der Waals surface area (Å²) in [6.45, 7) is 29.1. The van der Waals surface area contributed by atoms with Gasteiger partial charge in [0.1, 0.15) is 48.8 Å². The molecule has 3 unspecified atom stereocenters. The van der Waals surface area contributed by atoms with Crippen molar-refractivity contribution >= 4 is 38.9 Å². The lowest BCUT2D eigenvalue weighted by Gasteiger charge is -2.50. The molecule has 21 atom stereocenters.